The van der Waals surface area contributed by atoms with Gasteiger partial charge in [0.25, 0.3) is 0 Å². The highest BCUT2D eigenvalue weighted by Crippen LogP contribution is 2.20. The molecule has 3 nitrogen and oxygen atoms in total. The average molecular weight is 340 g/mol. The van der Waals surface area contributed by atoms with Gasteiger partial charge in [-0.05, 0) is 61.1 Å². The Bertz CT molecular complexity index is 676. The monoisotopic (exact) mass is 340 g/mol. The number of hydrogen-bond donors (Lipinski definition) is 1. The van der Waals surface area contributed by atoms with Gasteiger partial charge >= 0.3 is 0 Å². The Morgan fingerprint density at radius 2 is 1.56 bits per heavy atom. The molecule has 1 N–H and O–H groups in total. The molecule has 2 aromatic carbocycles. The van der Waals surface area contributed by atoms with Crippen molar-refractivity contribution in [3.05, 3.63) is 65.5 Å². The second-order valence-corrected chi connectivity index (χ2v) is 6.62. The highest BCUT2D eigenvalue weighted by Gasteiger charge is 2.10. The molecule has 1 aliphatic heterocycles. The third-order valence-electron chi connectivity index (χ3n) is 4.67. The number of nitrogens with one attached hydrogen (secondary N) is 1. The van der Waals surface area contributed by atoms with Crippen LogP contribution in [-0.4, -0.2) is 25.5 Å². The summed E-state index contributed by atoms with van der Waals surface area (Å²) in [4.78, 5) is 14.4. The van der Waals surface area contributed by atoms with E-state index in [0.29, 0.717) is 6.54 Å². The molecule has 1 fully saturated rings. The van der Waals surface area contributed by atoms with E-state index in [1.807, 2.05) is 0 Å². The van der Waals surface area contributed by atoms with E-state index < -0.39 is 0 Å². The van der Waals surface area contributed by atoms with Crippen LogP contribution in [0.15, 0.2) is 48.5 Å². The average Bonchev–Trinajstić information content (AvgIpc) is 2.65. The molecule has 0 radical (unpaired) electrons. The molecule has 1 heterocycles. The quantitative estimate of drug-likeness (QED) is 0.869. The van der Waals surface area contributed by atoms with E-state index in [0.717, 1.165) is 25.1 Å². The number of piperidine rings is 1. The van der Waals surface area contributed by atoms with Gasteiger partial charge in [0.1, 0.15) is 5.82 Å². The van der Waals surface area contributed by atoms with Crippen molar-refractivity contribution in [2.24, 2.45) is 0 Å². The molecule has 0 aliphatic carbocycles. The third kappa shape index (κ3) is 5.31. The minimum Gasteiger partial charge on any atom is -0.372 e. The van der Waals surface area contributed by atoms with Crippen LogP contribution in [0.3, 0.4) is 0 Å². The van der Waals surface area contributed by atoms with E-state index in [-0.39, 0.29) is 18.1 Å². The smallest absolute Gasteiger partial charge is 0.224 e. The molecule has 0 saturated carbocycles. The van der Waals surface area contributed by atoms with E-state index in [4.69, 9.17) is 0 Å². The van der Waals surface area contributed by atoms with Crippen molar-refractivity contribution in [3.63, 3.8) is 0 Å². The number of hydrogen-bond acceptors (Lipinski definition) is 2. The van der Waals surface area contributed by atoms with Crippen molar-refractivity contribution in [3.8, 4) is 0 Å². The lowest BCUT2D eigenvalue weighted by Crippen LogP contribution is -2.29. The van der Waals surface area contributed by atoms with Crippen LogP contribution in [-0.2, 0) is 17.6 Å². The maximum Gasteiger partial charge on any atom is 0.224 e. The molecular weight excluding hydrogens is 315 g/mol. The standard InChI is InChI=1S/C21H25FN2O/c22-19-8-4-18(5-9-19)16-21(25)23-13-12-17-6-10-20(11-7-17)24-14-2-1-3-15-24/h4-11H,1-3,12-16H2,(H,23,25). The van der Waals surface area contributed by atoms with Crippen LogP contribution in [0.1, 0.15) is 30.4 Å². The lowest BCUT2D eigenvalue weighted by atomic mass is 10.1. The third-order valence-corrected chi connectivity index (χ3v) is 4.67. The van der Waals surface area contributed by atoms with E-state index in [1.54, 1.807) is 12.1 Å². The molecular formula is C21H25FN2O. The van der Waals surface area contributed by atoms with Crippen molar-refractivity contribution >= 4 is 11.6 Å². The second-order valence-electron chi connectivity index (χ2n) is 6.62. The van der Waals surface area contributed by atoms with E-state index in [9.17, 15) is 9.18 Å². The number of carbonyl (C=O) groups excluding carboxylic acids is 1. The maximum atomic E-state index is 12.9. The van der Waals surface area contributed by atoms with Gasteiger partial charge in [-0.25, -0.2) is 4.39 Å². The zero-order valence-corrected chi connectivity index (χ0v) is 14.5. The fraction of sp³-hybridized carbons (Fsp3) is 0.381. The van der Waals surface area contributed by atoms with Crippen molar-refractivity contribution < 1.29 is 9.18 Å². The lowest BCUT2D eigenvalue weighted by molar-refractivity contribution is -0.120. The summed E-state index contributed by atoms with van der Waals surface area (Å²) in [6.07, 6.45) is 5.00. The number of carbonyl (C=O) groups is 1. The van der Waals surface area contributed by atoms with Gasteiger partial charge in [-0.1, -0.05) is 24.3 Å². The fourth-order valence-corrected chi connectivity index (χ4v) is 3.22. The van der Waals surface area contributed by atoms with Crippen molar-refractivity contribution in [1.29, 1.82) is 0 Å². The van der Waals surface area contributed by atoms with Crippen molar-refractivity contribution in [2.45, 2.75) is 32.1 Å². The first-order valence-corrected chi connectivity index (χ1v) is 9.06. The number of anilines is 1. The first-order valence-electron chi connectivity index (χ1n) is 9.06. The Kier molecular flexibility index (Phi) is 6.04. The maximum absolute atomic E-state index is 12.9. The minimum atomic E-state index is -0.280. The molecule has 4 heteroatoms. The molecule has 1 amide bonds. The fourth-order valence-electron chi connectivity index (χ4n) is 3.22. The van der Waals surface area contributed by atoms with E-state index in [1.165, 1.54) is 42.6 Å². The molecule has 132 valence electrons. The molecule has 0 spiro atoms. The van der Waals surface area contributed by atoms with Crippen LogP contribution in [0.4, 0.5) is 10.1 Å². The van der Waals surface area contributed by atoms with Crippen LogP contribution in [0.5, 0.6) is 0 Å². The molecule has 0 unspecified atom stereocenters. The molecule has 1 aliphatic rings. The highest BCUT2D eigenvalue weighted by molar-refractivity contribution is 5.78. The predicted molar refractivity (Wildman–Crippen MR) is 99.3 cm³/mol. The summed E-state index contributed by atoms with van der Waals surface area (Å²) in [5.74, 6) is -0.311. The van der Waals surface area contributed by atoms with Crippen LogP contribution in [0.25, 0.3) is 0 Å². The molecule has 2 aromatic rings. The lowest BCUT2D eigenvalue weighted by Gasteiger charge is -2.28. The summed E-state index contributed by atoms with van der Waals surface area (Å²) in [7, 11) is 0. The number of nitrogens with zero attached hydrogens (tertiary/aromatic N) is 1. The van der Waals surface area contributed by atoms with Gasteiger partial charge < -0.3 is 10.2 Å². The summed E-state index contributed by atoms with van der Waals surface area (Å²) in [5, 5.41) is 2.93. The number of benzene rings is 2. The van der Waals surface area contributed by atoms with Gasteiger partial charge in [0.2, 0.25) is 5.91 Å². The topological polar surface area (TPSA) is 32.3 Å². The number of halogens is 1. The van der Waals surface area contributed by atoms with Crippen LogP contribution in [0, 0.1) is 5.82 Å². The molecule has 0 atom stereocenters. The van der Waals surface area contributed by atoms with Gasteiger partial charge in [0.15, 0.2) is 0 Å². The van der Waals surface area contributed by atoms with Gasteiger partial charge in [-0.2, -0.15) is 0 Å². The molecule has 3 rings (SSSR count). The Balaban J connectivity index is 1.42. The molecule has 1 saturated heterocycles. The predicted octanol–water partition coefficient (Wildman–Crippen LogP) is 3.72. The number of amides is 1. The summed E-state index contributed by atoms with van der Waals surface area (Å²) in [6, 6.07) is 14.7. The second kappa shape index (κ2) is 8.65. The first kappa shape index (κ1) is 17.5. The summed E-state index contributed by atoms with van der Waals surface area (Å²) in [5.41, 5.74) is 3.34. The van der Waals surface area contributed by atoms with Crippen LogP contribution < -0.4 is 10.2 Å². The van der Waals surface area contributed by atoms with Crippen LogP contribution in [0.2, 0.25) is 0 Å². The zero-order chi connectivity index (χ0) is 17.5. The van der Waals surface area contributed by atoms with Crippen molar-refractivity contribution in [1.82, 2.24) is 5.32 Å². The van der Waals surface area contributed by atoms with Gasteiger partial charge in [-0.3, -0.25) is 4.79 Å². The van der Waals surface area contributed by atoms with Crippen LogP contribution >= 0.6 is 0 Å². The van der Waals surface area contributed by atoms with Gasteiger partial charge in [0.05, 0.1) is 6.42 Å². The Morgan fingerprint density at radius 1 is 0.920 bits per heavy atom. The van der Waals surface area contributed by atoms with Crippen molar-refractivity contribution in [2.75, 3.05) is 24.5 Å². The normalized spacial score (nSPS) is 14.4. The Hall–Kier alpha value is -2.36. The van der Waals surface area contributed by atoms with E-state index in [2.05, 4.69) is 34.5 Å². The first-order chi connectivity index (χ1) is 12.2. The SMILES string of the molecule is O=C(Cc1ccc(F)cc1)NCCc1ccc(N2CCCCC2)cc1. The number of rotatable bonds is 6. The summed E-state index contributed by atoms with van der Waals surface area (Å²) in [6.45, 7) is 2.92. The molecule has 0 aromatic heterocycles. The molecule has 0 bridgehead atoms. The van der Waals surface area contributed by atoms with Gasteiger partial charge in [-0.15, -0.1) is 0 Å². The Labute approximate surface area is 148 Å². The minimum absolute atomic E-state index is 0.0310. The highest BCUT2D eigenvalue weighted by atomic mass is 19.1. The zero-order valence-electron chi connectivity index (χ0n) is 14.5. The molecule has 25 heavy (non-hydrogen) atoms. The van der Waals surface area contributed by atoms with Gasteiger partial charge in [0, 0.05) is 25.3 Å². The largest absolute Gasteiger partial charge is 0.372 e. The Morgan fingerprint density at radius 3 is 2.24 bits per heavy atom. The summed E-state index contributed by atoms with van der Waals surface area (Å²) >= 11 is 0. The van der Waals surface area contributed by atoms with E-state index >= 15 is 0 Å². The summed E-state index contributed by atoms with van der Waals surface area (Å²) < 4.78 is 12.9.